The van der Waals surface area contributed by atoms with Gasteiger partial charge in [-0.3, -0.25) is 0 Å². The molecule has 0 heterocycles. The first-order chi connectivity index (χ1) is 8.75. The van der Waals surface area contributed by atoms with Crippen LogP contribution < -0.4 is 4.72 Å². The van der Waals surface area contributed by atoms with Crippen molar-refractivity contribution in [3.8, 4) is 0 Å². The van der Waals surface area contributed by atoms with Crippen LogP contribution in [0.1, 0.15) is 6.42 Å². The molecule has 0 radical (unpaired) electrons. The third kappa shape index (κ3) is 4.13. The number of hydrogen-bond acceptors (Lipinski definition) is 4. The molecule has 0 aromatic heterocycles. The number of halogens is 2. The molecular weight excluding hydrogens is 301 g/mol. The predicted octanol–water partition coefficient (Wildman–Crippen LogP) is 0.593. The van der Waals surface area contributed by atoms with E-state index in [1.165, 1.54) is 12.1 Å². The first-order valence-electron chi connectivity index (χ1n) is 5.10. The average molecular weight is 312 g/mol. The maximum absolute atomic E-state index is 13.5. The molecule has 0 saturated carbocycles. The highest BCUT2D eigenvalue weighted by atomic mass is 35.5. The van der Waals surface area contributed by atoms with Crippen LogP contribution in [0.3, 0.4) is 0 Å². The van der Waals surface area contributed by atoms with Gasteiger partial charge in [0.25, 0.3) is 0 Å². The van der Waals surface area contributed by atoms with Gasteiger partial charge in [0.05, 0.1) is 5.02 Å². The van der Waals surface area contributed by atoms with Crippen LogP contribution >= 0.6 is 11.6 Å². The zero-order valence-corrected chi connectivity index (χ0v) is 11.1. The van der Waals surface area contributed by atoms with E-state index in [1.54, 1.807) is 0 Å². The van der Waals surface area contributed by atoms with Crippen molar-refractivity contribution in [2.24, 2.45) is 0 Å². The number of carboxylic acid groups (broad SMARTS) is 1. The quantitative estimate of drug-likeness (QED) is 0.713. The highest BCUT2D eigenvalue weighted by Crippen LogP contribution is 2.21. The lowest BCUT2D eigenvalue weighted by molar-refractivity contribution is -0.146. The molecule has 0 fully saturated rings. The van der Waals surface area contributed by atoms with Gasteiger partial charge in [0, 0.05) is 6.54 Å². The van der Waals surface area contributed by atoms with Crippen LogP contribution in [0.5, 0.6) is 0 Å². The van der Waals surface area contributed by atoms with E-state index in [-0.39, 0.29) is 18.0 Å². The zero-order chi connectivity index (χ0) is 14.6. The number of aliphatic carboxylic acids is 1. The van der Waals surface area contributed by atoms with Gasteiger partial charge in [-0.1, -0.05) is 17.7 Å². The van der Waals surface area contributed by atoms with Crippen molar-refractivity contribution in [2.75, 3.05) is 6.54 Å². The lowest BCUT2D eigenvalue weighted by Crippen LogP contribution is -2.30. The van der Waals surface area contributed by atoms with Crippen molar-refractivity contribution >= 4 is 27.6 Å². The SMILES string of the molecule is O=C(O)C(O)CCNS(=O)(=O)c1cccc(Cl)c1F. The fourth-order valence-electron chi connectivity index (χ4n) is 1.22. The number of carboxylic acids is 1. The van der Waals surface area contributed by atoms with Gasteiger partial charge in [-0.15, -0.1) is 0 Å². The minimum absolute atomic E-state index is 0.337. The highest BCUT2D eigenvalue weighted by molar-refractivity contribution is 7.89. The van der Waals surface area contributed by atoms with E-state index in [2.05, 4.69) is 0 Å². The Morgan fingerprint density at radius 2 is 2.11 bits per heavy atom. The predicted molar refractivity (Wildman–Crippen MR) is 64.9 cm³/mol. The largest absolute Gasteiger partial charge is 0.479 e. The Labute approximate surface area is 113 Å². The monoisotopic (exact) mass is 311 g/mol. The van der Waals surface area contributed by atoms with Crippen LogP contribution in [0, 0.1) is 5.82 Å². The standard InChI is InChI=1S/C10H11ClFNO5S/c11-6-2-1-3-8(9(6)12)19(17,18)13-5-4-7(14)10(15)16/h1-3,7,13-14H,4-5H2,(H,15,16). The summed E-state index contributed by atoms with van der Waals surface area (Å²) in [6, 6.07) is 3.49. The number of hydrogen-bond donors (Lipinski definition) is 3. The first kappa shape index (κ1) is 15.8. The average Bonchev–Trinajstić information content (AvgIpc) is 2.31. The Balaban J connectivity index is 2.77. The fourth-order valence-corrected chi connectivity index (χ4v) is 2.60. The molecule has 1 aromatic carbocycles. The molecule has 3 N–H and O–H groups in total. The second-order valence-electron chi connectivity index (χ2n) is 3.59. The summed E-state index contributed by atoms with van der Waals surface area (Å²) in [7, 11) is -4.15. The van der Waals surface area contributed by atoms with Gasteiger partial charge in [0.15, 0.2) is 11.9 Å². The Bertz CT molecular complexity index is 577. The number of aliphatic hydroxyl groups is 1. The van der Waals surface area contributed by atoms with Crippen molar-refractivity contribution in [3.63, 3.8) is 0 Å². The maximum atomic E-state index is 13.5. The minimum atomic E-state index is -4.15. The number of carbonyl (C=O) groups is 1. The minimum Gasteiger partial charge on any atom is -0.479 e. The van der Waals surface area contributed by atoms with Crippen LogP contribution in [0.25, 0.3) is 0 Å². The van der Waals surface area contributed by atoms with Crippen molar-refractivity contribution in [3.05, 3.63) is 29.0 Å². The summed E-state index contributed by atoms with van der Waals surface area (Å²) in [6.07, 6.45) is -2.02. The van der Waals surface area contributed by atoms with Crippen molar-refractivity contribution in [1.82, 2.24) is 4.72 Å². The number of aliphatic hydroxyl groups excluding tert-OH is 1. The number of rotatable bonds is 6. The third-order valence-electron chi connectivity index (χ3n) is 2.20. The third-order valence-corrected chi connectivity index (χ3v) is 3.97. The van der Waals surface area contributed by atoms with Gasteiger partial charge >= 0.3 is 5.97 Å². The van der Waals surface area contributed by atoms with Crippen LogP contribution in [0.4, 0.5) is 4.39 Å². The number of nitrogens with one attached hydrogen (secondary N) is 1. The van der Waals surface area contributed by atoms with Gasteiger partial charge < -0.3 is 10.2 Å². The molecule has 6 nitrogen and oxygen atoms in total. The molecule has 19 heavy (non-hydrogen) atoms. The van der Waals surface area contributed by atoms with Crippen molar-refractivity contribution < 1.29 is 27.8 Å². The van der Waals surface area contributed by atoms with E-state index in [9.17, 15) is 17.6 Å². The van der Waals surface area contributed by atoms with E-state index >= 15 is 0 Å². The number of sulfonamides is 1. The molecule has 0 saturated heterocycles. The molecule has 0 spiro atoms. The highest BCUT2D eigenvalue weighted by Gasteiger charge is 2.21. The van der Waals surface area contributed by atoms with Crippen molar-refractivity contribution in [1.29, 1.82) is 0 Å². The molecule has 106 valence electrons. The molecule has 1 atom stereocenters. The molecular formula is C10H11ClFNO5S. The van der Waals surface area contributed by atoms with E-state index in [4.69, 9.17) is 21.8 Å². The van der Waals surface area contributed by atoms with Crippen LogP contribution in [-0.4, -0.2) is 37.2 Å². The van der Waals surface area contributed by atoms with Gasteiger partial charge in [-0.2, -0.15) is 0 Å². The first-order valence-corrected chi connectivity index (χ1v) is 6.96. The molecule has 0 aliphatic rings. The Morgan fingerprint density at radius 3 is 2.68 bits per heavy atom. The molecule has 0 bridgehead atoms. The van der Waals surface area contributed by atoms with E-state index in [0.29, 0.717) is 0 Å². The van der Waals surface area contributed by atoms with Crippen LogP contribution in [-0.2, 0) is 14.8 Å². The fraction of sp³-hybridized carbons (Fsp3) is 0.300. The second-order valence-corrected chi connectivity index (χ2v) is 5.74. The maximum Gasteiger partial charge on any atom is 0.332 e. The molecule has 1 aromatic rings. The summed E-state index contributed by atoms with van der Waals surface area (Å²) in [5.74, 6) is -2.55. The molecule has 0 aliphatic heterocycles. The van der Waals surface area contributed by atoms with Crippen molar-refractivity contribution in [2.45, 2.75) is 17.4 Å². The summed E-state index contributed by atoms with van der Waals surface area (Å²) in [5, 5.41) is 17.0. The Kier molecular flexibility index (Phi) is 5.24. The van der Waals surface area contributed by atoms with E-state index in [1.807, 2.05) is 4.72 Å². The molecule has 1 rings (SSSR count). The van der Waals surface area contributed by atoms with Gasteiger partial charge in [-0.05, 0) is 18.6 Å². The summed E-state index contributed by atoms with van der Waals surface area (Å²) in [6.45, 7) is -0.345. The summed E-state index contributed by atoms with van der Waals surface area (Å²) in [5.41, 5.74) is 0. The Hall–Kier alpha value is -1.22. The zero-order valence-electron chi connectivity index (χ0n) is 9.51. The van der Waals surface area contributed by atoms with Crippen LogP contribution in [0.2, 0.25) is 5.02 Å². The van der Waals surface area contributed by atoms with Gasteiger partial charge in [-0.25, -0.2) is 22.3 Å². The lowest BCUT2D eigenvalue weighted by Gasteiger charge is -2.09. The molecule has 0 amide bonds. The number of benzene rings is 1. The van der Waals surface area contributed by atoms with Gasteiger partial charge in [0.1, 0.15) is 4.90 Å². The summed E-state index contributed by atoms with van der Waals surface area (Å²) >= 11 is 5.46. The summed E-state index contributed by atoms with van der Waals surface area (Å²) < 4.78 is 38.9. The normalized spacial score (nSPS) is 13.2. The second kappa shape index (κ2) is 6.29. The Morgan fingerprint density at radius 1 is 1.47 bits per heavy atom. The smallest absolute Gasteiger partial charge is 0.332 e. The van der Waals surface area contributed by atoms with E-state index < -0.39 is 32.8 Å². The van der Waals surface area contributed by atoms with Gasteiger partial charge in [0.2, 0.25) is 10.0 Å². The molecule has 0 aliphatic carbocycles. The van der Waals surface area contributed by atoms with Crippen LogP contribution in [0.15, 0.2) is 23.1 Å². The molecule has 9 heteroatoms. The van der Waals surface area contributed by atoms with E-state index in [0.717, 1.165) is 6.07 Å². The lowest BCUT2D eigenvalue weighted by atomic mass is 10.3. The molecule has 1 unspecified atom stereocenters. The summed E-state index contributed by atoms with van der Waals surface area (Å²) in [4.78, 5) is 9.68. The topological polar surface area (TPSA) is 104 Å².